The van der Waals surface area contributed by atoms with E-state index in [1.807, 2.05) is 38.1 Å². The van der Waals surface area contributed by atoms with Crippen molar-refractivity contribution in [1.29, 1.82) is 0 Å². The van der Waals surface area contributed by atoms with Crippen molar-refractivity contribution in [2.24, 2.45) is 0 Å². The Morgan fingerprint density at radius 3 is 1.96 bits per heavy atom. The molecule has 0 aliphatic heterocycles. The number of aliphatic hydroxyl groups excluding tert-OH is 2. The predicted octanol–water partition coefficient (Wildman–Crippen LogP) is 2.59. The fourth-order valence-electron chi connectivity index (χ4n) is 1.95. The molecule has 0 aromatic heterocycles. The van der Waals surface area contributed by atoms with Gasteiger partial charge in [-0.25, -0.2) is 0 Å². The maximum Gasteiger partial charge on any atom is 0.295 e. The van der Waals surface area contributed by atoms with Crippen LogP contribution in [0.4, 0.5) is 0 Å². The molecule has 0 aliphatic carbocycles. The minimum absolute atomic E-state index is 0.0468. The van der Waals surface area contributed by atoms with Gasteiger partial charge < -0.3 is 19.7 Å². The largest absolute Gasteiger partial charge is 0.437 e. The van der Waals surface area contributed by atoms with Crippen LogP contribution in [0.1, 0.15) is 51.7 Å². The predicted molar refractivity (Wildman–Crippen MR) is 90.3 cm³/mol. The monoisotopic (exact) mass is 326 g/mol. The molecular weight excluding hydrogens is 296 g/mol. The van der Waals surface area contributed by atoms with E-state index >= 15 is 0 Å². The third-order valence-electron chi connectivity index (χ3n) is 3.35. The number of ether oxygens (including phenoxy) is 2. The Balaban J connectivity index is 0.000000841. The number of aliphatic hydroxyl groups is 2. The second-order valence-corrected chi connectivity index (χ2v) is 6.07. The van der Waals surface area contributed by atoms with Crippen LogP contribution in [0.15, 0.2) is 24.3 Å². The minimum Gasteiger partial charge on any atom is -0.437 e. The van der Waals surface area contributed by atoms with Gasteiger partial charge in [-0.3, -0.25) is 4.79 Å². The normalized spacial score (nSPS) is 13.5. The Hall–Kier alpha value is -1.43. The first-order chi connectivity index (χ1) is 10.8. The van der Waals surface area contributed by atoms with Crippen LogP contribution in [0.5, 0.6) is 0 Å². The van der Waals surface area contributed by atoms with Gasteiger partial charge in [-0.15, -0.1) is 0 Å². The molecule has 1 aromatic rings. The highest BCUT2D eigenvalue weighted by atomic mass is 16.6. The maximum absolute atomic E-state index is 10.2. The van der Waals surface area contributed by atoms with Crippen molar-refractivity contribution in [1.82, 2.24) is 0 Å². The average molecular weight is 326 g/mol. The zero-order valence-electron chi connectivity index (χ0n) is 14.8. The highest BCUT2D eigenvalue weighted by Gasteiger charge is 2.22. The number of carbonyl (C=O) groups is 1. The van der Waals surface area contributed by atoms with Crippen LogP contribution in [-0.2, 0) is 19.7 Å². The smallest absolute Gasteiger partial charge is 0.295 e. The van der Waals surface area contributed by atoms with Crippen LogP contribution in [0.25, 0.3) is 0 Å². The van der Waals surface area contributed by atoms with E-state index in [1.165, 1.54) is 0 Å². The first-order valence-corrected chi connectivity index (χ1v) is 7.87. The molecule has 0 bridgehead atoms. The Kier molecular flexibility index (Phi) is 10.5. The maximum atomic E-state index is 10.2. The molecule has 0 radical (unpaired) electrons. The van der Waals surface area contributed by atoms with Crippen LogP contribution in [0.3, 0.4) is 0 Å². The molecule has 0 fully saturated rings. The summed E-state index contributed by atoms with van der Waals surface area (Å²) >= 11 is 0. The van der Waals surface area contributed by atoms with Crippen LogP contribution in [-0.4, -0.2) is 42.8 Å². The zero-order chi connectivity index (χ0) is 17.9. The van der Waals surface area contributed by atoms with Crippen molar-refractivity contribution in [3.05, 3.63) is 35.4 Å². The Morgan fingerprint density at radius 2 is 1.65 bits per heavy atom. The lowest BCUT2D eigenvalue weighted by Crippen LogP contribution is -2.24. The first kappa shape index (κ1) is 21.6. The van der Waals surface area contributed by atoms with Crippen LogP contribution in [0.2, 0.25) is 0 Å². The fraction of sp³-hybridized carbons (Fsp3) is 0.611. The van der Waals surface area contributed by atoms with Crippen molar-refractivity contribution in [3.63, 3.8) is 0 Å². The van der Waals surface area contributed by atoms with E-state index in [0.29, 0.717) is 0 Å². The molecule has 0 heterocycles. The lowest BCUT2D eigenvalue weighted by Gasteiger charge is -2.22. The highest BCUT2D eigenvalue weighted by molar-refractivity contribution is 5.38. The number of carbonyl (C=O) groups excluding carboxylic acids is 1. The van der Waals surface area contributed by atoms with E-state index < -0.39 is 12.2 Å². The molecule has 0 spiro atoms. The molecular formula is C18H30O5. The van der Waals surface area contributed by atoms with Gasteiger partial charge in [0, 0.05) is 13.2 Å². The van der Waals surface area contributed by atoms with Crippen LogP contribution >= 0.6 is 0 Å². The van der Waals surface area contributed by atoms with E-state index in [1.54, 1.807) is 0 Å². The summed E-state index contributed by atoms with van der Waals surface area (Å²) in [4.78, 5) is 10.2. The summed E-state index contributed by atoms with van der Waals surface area (Å²) < 4.78 is 9.30. The summed E-state index contributed by atoms with van der Waals surface area (Å²) in [6.07, 6.45) is -1.33. The van der Waals surface area contributed by atoms with Crippen molar-refractivity contribution < 1.29 is 24.5 Å². The second kappa shape index (κ2) is 11.2. The van der Waals surface area contributed by atoms with Gasteiger partial charge in [0.25, 0.3) is 6.47 Å². The Labute approximate surface area is 139 Å². The van der Waals surface area contributed by atoms with Crippen molar-refractivity contribution in [3.8, 4) is 0 Å². The number of hydrogen-bond donors (Lipinski definition) is 2. The van der Waals surface area contributed by atoms with Crippen molar-refractivity contribution in [2.45, 2.75) is 52.2 Å². The van der Waals surface area contributed by atoms with Gasteiger partial charge in [0.2, 0.25) is 6.29 Å². The Morgan fingerprint density at radius 1 is 1.13 bits per heavy atom. The summed E-state index contributed by atoms with van der Waals surface area (Å²) in [5.74, 6) is -0.621. The van der Waals surface area contributed by atoms with Crippen LogP contribution < -0.4 is 0 Å². The first-order valence-electron chi connectivity index (χ1n) is 7.87. The molecule has 2 N–H and O–H groups in total. The quantitative estimate of drug-likeness (QED) is 0.595. The van der Waals surface area contributed by atoms with Gasteiger partial charge in [0.15, 0.2) is 0 Å². The Bertz CT molecular complexity index is 420. The molecule has 2 unspecified atom stereocenters. The van der Waals surface area contributed by atoms with E-state index in [0.717, 1.165) is 24.3 Å². The van der Waals surface area contributed by atoms with E-state index in [4.69, 9.17) is 4.74 Å². The fourth-order valence-corrected chi connectivity index (χ4v) is 1.95. The second-order valence-electron chi connectivity index (χ2n) is 6.07. The summed E-state index contributed by atoms with van der Waals surface area (Å²) in [6.45, 7) is 11.9. The average Bonchev–Trinajstić information content (AvgIpc) is 2.49. The molecule has 5 nitrogen and oxygen atoms in total. The molecule has 23 heavy (non-hydrogen) atoms. The van der Waals surface area contributed by atoms with Gasteiger partial charge in [0.1, 0.15) is 0 Å². The minimum atomic E-state index is -1.33. The summed E-state index contributed by atoms with van der Waals surface area (Å²) in [5, 5.41) is 18.8. The molecule has 0 amide bonds. The van der Waals surface area contributed by atoms with Crippen molar-refractivity contribution in [2.75, 3.05) is 19.8 Å². The van der Waals surface area contributed by atoms with Gasteiger partial charge in [-0.1, -0.05) is 45.0 Å². The lowest BCUT2D eigenvalue weighted by atomic mass is 9.85. The lowest BCUT2D eigenvalue weighted by molar-refractivity contribution is -0.157. The third kappa shape index (κ3) is 8.11. The van der Waals surface area contributed by atoms with Gasteiger partial charge >= 0.3 is 0 Å². The number of benzene rings is 1. The standard InChI is InChI=1S/C14H20O4.C4H10O/c1-14(2,3)11-6-4-10(5-7-11)12(8-15)13(17)18-9-16;1-3-5-4-2/h4-7,9,12-13,15,17H,8H2,1-3H3;3-4H2,1-2H3. The molecule has 0 saturated carbocycles. The third-order valence-corrected chi connectivity index (χ3v) is 3.35. The topological polar surface area (TPSA) is 76.0 Å². The molecule has 0 saturated heterocycles. The zero-order valence-corrected chi connectivity index (χ0v) is 14.8. The molecule has 5 heteroatoms. The number of hydrogen-bond acceptors (Lipinski definition) is 5. The molecule has 132 valence electrons. The van der Waals surface area contributed by atoms with Gasteiger partial charge in [-0.05, 0) is 30.4 Å². The SMILES string of the molecule is CC(C)(C)c1ccc(C(CO)C(O)OC=O)cc1.CCOCC. The summed E-state index contributed by atoms with van der Waals surface area (Å²) in [5.41, 5.74) is 1.94. The summed E-state index contributed by atoms with van der Waals surface area (Å²) in [6, 6.07) is 7.56. The molecule has 2 atom stereocenters. The van der Waals surface area contributed by atoms with Crippen LogP contribution in [0, 0.1) is 0 Å². The molecule has 1 rings (SSSR count). The van der Waals surface area contributed by atoms with E-state index in [-0.39, 0.29) is 18.5 Å². The molecule has 0 aliphatic rings. The highest BCUT2D eigenvalue weighted by Crippen LogP contribution is 2.26. The van der Waals surface area contributed by atoms with Gasteiger partial charge in [0.05, 0.1) is 12.5 Å². The van der Waals surface area contributed by atoms with E-state index in [2.05, 4.69) is 25.5 Å². The van der Waals surface area contributed by atoms with E-state index in [9.17, 15) is 15.0 Å². The van der Waals surface area contributed by atoms with Gasteiger partial charge in [-0.2, -0.15) is 0 Å². The molecule has 1 aromatic carbocycles. The summed E-state index contributed by atoms with van der Waals surface area (Å²) in [7, 11) is 0. The number of rotatable bonds is 7. The van der Waals surface area contributed by atoms with Crippen molar-refractivity contribution >= 4 is 6.47 Å².